The average molecular weight is 267 g/mol. The molecule has 0 aromatic rings. The molecule has 0 saturated heterocycles. The van der Waals surface area contributed by atoms with Gasteiger partial charge in [-0.25, -0.2) is 0 Å². The first-order valence-electron chi connectivity index (χ1n) is 6.37. The van der Waals surface area contributed by atoms with E-state index in [-0.39, 0.29) is 25.4 Å². The number of nitrogens with zero attached hydrogens (tertiary/aromatic N) is 1. The van der Waals surface area contributed by atoms with Gasteiger partial charge in [0.05, 0.1) is 12.5 Å². The van der Waals surface area contributed by atoms with Gasteiger partial charge in [-0.1, -0.05) is 6.92 Å². The molecule has 0 unspecified atom stereocenters. The first kappa shape index (κ1) is 15.3. The Morgan fingerprint density at radius 2 is 1.83 bits per heavy atom. The van der Waals surface area contributed by atoms with E-state index in [4.69, 9.17) is 5.11 Å². The van der Waals surface area contributed by atoms with Gasteiger partial charge in [-0.05, 0) is 38.6 Å². The number of hydrogen-bond acceptors (Lipinski definition) is 2. The van der Waals surface area contributed by atoms with E-state index in [2.05, 4.69) is 0 Å². The summed E-state index contributed by atoms with van der Waals surface area (Å²) in [7, 11) is 0. The molecule has 1 N–H and O–H groups in total. The van der Waals surface area contributed by atoms with Crippen LogP contribution in [-0.4, -0.2) is 41.3 Å². The van der Waals surface area contributed by atoms with E-state index in [1.54, 1.807) is 4.90 Å². The van der Waals surface area contributed by atoms with Crippen molar-refractivity contribution in [1.82, 2.24) is 4.90 Å². The van der Waals surface area contributed by atoms with E-state index in [0.717, 1.165) is 6.42 Å². The second-order valence-corrected chi connectivity index (χ2v) is 4.91. The molecule has 0 aliphatic heterocycles. The Labute approximate surface area is 105 Å². The summed E-state index contributed by atoms with van der Waals surface area (Å²) in [4.78, 5) is 12.5. The monoisotopic (exact) mass is 267 g/mol. The van der Waals surface area contributed by atoms with E-state index in [1.165, 1.54) is 0 Å². The van der Waals surface area contributed by atoms with Crippen LogP contribution < -0.4 is 0 Å². The predicted octanol–water partition coefficient (Wildman–Crippen LogP) is 2.90. The standard InChI is InChI=1S/C12H20F3NO2/c1-2-7-16(8-11(17)18)10-5-3-9(4-6-10)12(13,14)15/h9-10H,2-8H2,1H3,(H,17,18). The summed E-state index contributed by atoms with van der Waals surface area (Å²) in [6, 6.07) is -0.0142. The maximum Gasteiger partial charge on any atom is 0.391 e. The largest absolute Gasteiger partial charge is 0.480 e. The Balaban J connectivity index is 2.50. The molecule has 6 heteroatoms. The zero-order chi connectivity index (χ0) is 13.8. The molecule has 0 amide bonds. The van der Waals surface area contributed by atoms with E-state index >= 15 is 0 Å². The molecule has 1 fully saturated rings. The molecule has 0 bridgehead atoms. The van der Waals surface area contributed by atoms with Crippen molar-refractivity contribution in [3.05, 3.63) is 0 Å². The molecule has 18 heavy (non-hydrogen) atoms. The Morgan fingerprint density at radius 3 is 2.22 bits per heavy atom. The molecule has 3 nitrogen and oxygen atoms in total. The van der Waals surface area contributed by atoms with Gasteiger partial charge in [0.25, 0.3) is 0 Å². The average Bonchev–Trinajstić information content (AvgIpc) is 2.27. The van der Waals surface area contributed by atoms with Crippen LogP contribution >= 0.6 is 0 Å². The molecule has 1 aliphatic carbocycles. The topological polar surface area (TPSA) is 40.5 Å². The summed E-state index contributed by atoms with van der Waals surface area (Å²) < 4.78 is 37.6. The van der Waals surface area contributed by atoms with E-state index in [9.17, 15) is 18.0 Å². The Morgan fingerprint density at radius 1 is 1.28 bits per heavy atom. The number of aliphatic carboxylic acids is 1. The van der Waals surface area contributed by atoms with Gasteiger partial charge in [0, 0.05) is 6.04 Å². The zero-order valence-corrected chi connectivity index (χ0v) is 10.5. The number of alkyl halides is 3. The van der Waals surface area contributed by atoms with Crippen LogP contribution in [0.1, 0.15) is 39.0 Å². The third-order valence-corrected chi connectivity index (χ3v) is 3.53. The number of carbonyl (C=O) groups is 1. The van der Waals surface area contributed by atoms with Gasteiger partial charge in [-0.15, -0.1) is 0 Å². The molecule has 0 atom stereocenters. The number of carboxylic acid groups (broad SMARTS) is 1. The Hall–Kier alpha value is -0.780. The van der Waals surface area contributed by atoms with Gasteiger partial charge in [-0.2, -0.15) is 13.2 Å². The van der Waals surface area contributed by atoms with Gasteiger partial charge in [0.1, 0.15) is 0 Å². The molecule has 106 valence electrons. The lowest BCUT2D eigenvalue weighted by molar-refractivity contribution is -0.184. The number of hydrogen-bond donors (Lipinski definition) is 1. The van der Waals surface area contributed by atoms with Crippen molar-refractivity contribution < 1.29 is 23.1 Å². The minimum Gasteiger partial charge on any atom is -0.480 e. The second kappa shape index (κ2) is 6.41. The lowest BCUT2D eigenvalue weighted by atomic mass is 9.85. The fourth-order valence-electron chi connectivity index (χ4n) is 2.62. The van der Waals surface area contributed by atoms with Gasteiger partial charge in [0.15, 0.2) is 0 Å². The molecule has 1 aliphatic rings. The third-order valence-electron chi connectivity index (χ3n) is 3.53. The highest BCUT2D eigenvalue weighted by atomic mass is 19.4. The van der Waals surface area contributed by atoms with E-state index in [0.29, 0.717) is 19.4 Å². The number of rotatable bonds is 5. The van der Waals surface area contributed by atoms with Gasteiger partial charge < -0.3 is 5.11 Å². The molecule has 0 aromatic heterocycles. The molecular weight excluding hydrogens is 247 g/mol. The normalized spacial score (nSPS) is 25.4. The minimum absolute atomic E-state index is 0.0142. The van der Waals surface area contributed by atoms with Crippen molar-refractivity contribution in [2.75, 3.05) is 13.1 Å². The fourth-order valence-corrected chi connectivity index (χ4v) is 2.62. The SMILES string of the molecule is CCCN(CC(=O)O)C1CCC(C(F)(F)F)CC1. The summed E-state index contributed by atoms with van der Waals surface area (Å²) in [5.74, 6) is -2.12. The van der Waals surface area contributed by atoms with Crippen molar-refractivity contribution >= 4 is 5.97 Å². The number of halogens is 3. The van der Waals surface area contributed by atoms with Crippen LogP contribution in [0, 0.1) is 5.92 Å². The Bertz CT molecular complexity index is 273. The molecule has 0 heterocycles. The van der Waals surface area contributed by atoms with Crippen LogP contribution in [0.5, 0.6) is 0 Å². The van der Waals surface area contributed by atoms with Crippen molar-refractivity contribution in [2.45, 2.75) is 51.2 Å². The van der Waals surface area contributed by atoms with Crippen LogP contribution in [0.4, 0.5) is 13.2 Å². The van der Waals surface area contributed by atoms with E-state index < -0.39 is 18.1 Å². The maximum absolute atomic E-state index is 12.5. The van der Waals surface area contributed by atoms with E-state index in [1.807, 2.05) is 6.92 Å². The fraction of sp³-hybridized carbons (Fsp3) is 0.917. The van der Waals surface area contributed by atoms with Gasteiger partial charge in [-0.3, -0.25) is 9.69 Å². The summed E-state index contributed by atoms with van der Waals surface area (Å²) in [5.41, 5.74) is 0. The van der Waals surface area contributed by atoms with Crippen LogP contribution in [0.15, 0.2) is 0 Å². The van der Waals surface area contributed by atoms with Crippen molar-refractivity contribution in [1.29, 1.82) is 0 Å². The molecular formula is C12H20F3NO2. The molecule has 0 aromatic carbocycles. The van der Waals surface area contributed by atoms with Crippen molar-refractivity contribution in [3.63, 3.8) is 0 Å². The highest BCUT2D eigenvalue weighted by Gasteiger charge is 2.42. The summed E-state index contributed by atoms with van der Waals surface area (Å²) >= 11 is 0. The van der Waals surface area contributed by atoms with Crippen molar-refractivity contribution in [3.8, 4) is 0 Å². The predicted molar refractivity (Wildman–Crippen MR) is 61.3 cm³/mol. The van der Waals surface area contributed by atoms with Gasteiger partial charge in [0.2, 0.25) is 0 Å². The van der Waals surface area contributed by atoms with Gasteiger partial charge >= 0.3 is 12.1 Å². The van der Waals surface area contributed by atoms with Crippen LogP contribution in [-0.2, 0) is 4.79 Å². The third kappa shape index (κ3) is 4.48. The van der Waals surface area contributed by atoms with Crippen LogP contribution in [0.2, 0.25) is 0 Å². The zero-order valence-electron chi connectivity index (χ0n) is 10.5. The molecule has 1 saturated carbocycles. The first-order chi connectivity index (χ1) is 8.34. The number of carboxylic acids is 1. The lowest BCUT2D eigenvalue weighted by Gasteiger charge is -2.36. The minimum atomic E-state index is -4.10. The smallest absolute Gasteiger partial charge is 0.391 e. The first-order valence-corrected chi connectivity index (χ1v) is 6.37. The summed E-state index contributed by atoms with van der Waals surface area (Å²) in [5, 5.41) is 8.80. The lowest BCUT2D eigenvalue weighted by Crippen LogP contribution is -2.43. The second-order valence-electron chi connectivity index (χ2n) is 4.91. The van der Waals surface area contributed by atoms with Crippen LogP contribution in [0.3, 0.4) is 0 Å². The summed E-state index contributed by atoms with van der Waals surface area (Å²) in [6.45, 7) is 2.50. The van der Waals surface area contributed by atoms with Crippen molar-refractivity contribution in [2.24, 2.45) is 5.92 Å². The molecule has 1 rings (SSSR count). The van der Waals surface area contributed by atoms with Crippen LogP contribution in [0.25, 0.3) is 0 Å². The molecule has 0 radical (unpaired) electrons. The maximum atomic E-state index is 12.5. The summed E-state index contributed by atoms with van der Waals surface area (Å²) in [6.07, 6.45) is -2.17. The molecule has 0 spiro atoms. The Kier molecular flexibility index (Phi) is 5.44. The quantitative estimate of drug-likeness (QED) is 0.832. The highest BCUT2D eigenvalue weighted by molar-refractivity contribution is 5.69. The highest BCUT2D eigenvalue weighted by Crippen LogP contribution is 2.38.